The summed E-state index contributed by atoms with van der Waals surface area (Å²) in [6.45, 7) is 5.63. The predicted molar refractivity (Wildman–Crippen MR) is 129 cm³/mol. The maximum Gasteiger partial charge on any atom is 0.327 e. The summed E-state index contributed by atoms with van der Waals surface area (Å²) in [7, 11) is 1.43. The molecule has 2 aliphatic heterocycles. The monoisotopic (exact) mass is 451 g/mol. The fraction of sp³-hybridized carbons (Fsp3) is 0.440. The molecule has 0 aromatic heterocycles. The van der Waals surface area contributed by atoms with Crippen LogP contribution in [0.4, 0.5) is 5.69 Å². The Morgan fingerprint density at radius 2 is 1.61 bits per heavy atom. The van der Waals surface area contributed by atoms with Crippen LogP contribution in [0.25, 0.3) is 0 Å². The highest BCUT2D eigenvalue weighted by Crippen LogP contribution is 2.29. The number of carbonyl (C=O) groups excluding carboxylic acids is 1. The van der Waals surface area contributed by atoms with Crippen LogP contribution in [0.2, 0.25) is 0 Å². The van der Waals surface area contributed by atoms with Gasteiger partial charge in [0.25, 0.3) is 0 Å². The van der Waals surface area contributed by atoms with Crippen molar-refractivity contribution >= 4 is 17.5 Å². The first-order chi connectivity index (χ1) is 16.0. The number of nitrogens with one attached hydrogen (secondary N) is 1. The van der Waals surface area contributed by atoms with E-state index in [1.54, 1.807) is 24.3 Å². The number of amidine groups is 1. The Labute approximate surface area is 195 Å². The van der Waals surface area contributed by atoms with Gasteiger partial charge >= 0.3 is 5.97 Å². The molecule has 8 heteroatoms. The number of nitrogen functional groups attached to an aromatic ring is 1. The maximum absolute atomic E-state index is 12.5. The molecule has 0 spiro atoms. The number of anilines is 1. The van der Waals surface area contributed by atoms with Gasteiger partial charge in [-0.3, -0.25) is 15.2 Å². The Bertz CT molecular complexity index is 947. The van der Waals surface area contributed by atoms with Crippen LogP contribution in [-0.2, 0) is 9.53 Å². The lowest BCUT2D eigenvalue weighted by Crippen LogP contribution is -2.54. The van der Waals surface area contributed by atoms with Crippen LogP contribution in [0, 0.1) is 5.41 Å². The number of hydrogen-bond donors (Lipinski definition) is 3. The summed E-state index contributed by atoms with van der Waals surface area (Å²) >= 11 is 0. The van der Waals surface area contributed by atoms with Crippen LogP contribution in [0.15, 0.2) is 48.5 Å². The second kappa shape index (κ2) is 10.2. The van der Waals surface area contributed by atoms with E-state index in [0.29, 0.717) is 6.04 Å². The summed E-state index contributed by atoms with van der Waals surface area (Å²) in [5.41, 5.74) is 8.33. The normalized spacial score (nSPS) is 19.2. The molecule has 4 N–H and O–H groups in total. The summed E-state index contributed by atoms with van der Waals surface area (Å²) < 4.78 is 5.09. The Balaban J connectivity index is 1.32. The van der Waals surface area contributed by atoms with Crippen molar-refractivity contribution in [3.63, 3.8) is 0 Å². The molecule has 0 saturated carbocycles. The molecule has 0 amide bonds. The fourth-order valence-electron chi connectivity index (χ4n) is 4.97. The molecule has 2 saturated heterocycles. The number of carbonyl (C=O) groups is 1. The minimum atomic E-state index is -0.439. The molecule has 1 atom stereocenters. The molecular formula is C25H33N5O3. The van der Waals surface area contributed by atoms with E-state index < -0.39 is 6.04 Å². The van der Waals surface area contributed by atoms with E-state index in [9.17, 15) is 9.90 Å². The van der Waals surface area contributed by atoms with Gasteiger partial charge in [-0.15, -0.1) is 0 Å². The maximum atomic E-state index is 12.5. The first-order valence-electron chi connectivity index (χ1n) is 11.5. The van der Waals surface area contributed by atoms with Gasteiger partial charge in [-0.05, 0) is 54.8 Å². The minimum absolute atomic E-state index is 0.0950. The van der Waals surface area contributed by atoms with Gasteiger partial charge in [0.2, 0.25) is 0 Å². The highest BCUT2D eigenvalue weighted by molar-refractivity contribution is 5.95. The summed E-state index contributed by atoms with van der Waals surface area (Å²) in [6, 6.07) is 14.8. The summed E-state index contributed by atoms with van der Waals surface area (Å²) in [4.78, 5) is 19.7. The topological polar surface area (TPSA) is 106 Å². The number of likely N-dealkylation sites (tertiary alicyclic amines) is 1. The molecule has 4 rings (SSSR count). The smallest absolute Gasteiger partial charge is 0.327 e. The molecule has 2 aliphatic rings. The van der Waals surface area contributed by atoms with Gasteiger partial charge in [0.15, 0.2) is 0 Å². The zero-order valence-corrected chi connectivity index (χ0v) is 19.1. The molecule has 0 radical (unpaired) electrons. The van der Waals surface area contributed by atoms with Crippen molar-refractivity contribution < 1.29 is 14.6 Å². The van der Waals surface area contributed by atoms with Crippen LogP contribution in [0.5, 0.6) is 5.75 Å². The zero-order valence-electron chi connectivity index (χ0n) is 19.1. The minimum Gasteiger partial charge on any atom is -0.508 e. The van der Waals surface area contributed by atoms with Crippen LogP contribution in [-0.4, -0.2) is 79.1 Å². The first-order valence-corrected chi connectivity index (χ1v) is 11.5. The van der Waals surface area contributed by atoms with Crippen molar-refractivity contribution in [2.45, 2.75) is 24.9 Å². The fourth-order valence-corrected chi connectivity index (χ4v) is 4.97. The molecule has 2 heterocycles. The number of hydrogen-bond acceptors (Lipinski definition) is 7. The van der Waals surface area contributed by atoms with Gasteiger partial charge in [-0.25, -0.2) is 4.79 Å². The van der Waals surface area contributed by atoms with E-state index >= 15 is 0 Å². The van der Waals surface area contributed by atoms with Crippen molar-refractivity contribution in [3.05, 3.63) is 59.7 Å². The van der Waals surface area contributed by atoms with Crippen LogP contribution < -0.4 is 10.6 Å². The van der Waals surface area contributed by atoms with Gasteiger partial charge in [-0.1, -0.05) is 12.1 Å². The number of ether oxygens (including phenoxy) is 1. The molecule has 2 aromatic carbocycles. The SMILES string of the molecule is COC(=O)C(c1ccc(O)cc1)N1CCC(N2CCN(c3ccc(C(=N)N)cc3)CC2)CC1. The van der Waals surface area contributed by atoms with Crippen molar-refractivity contribution in [3.8, 4) is 5.75 Å². The average Bonchev–Trinajstić information content (AvgIpc) is 2.86. The third-order valence-electron chi connectivity index (χ3n) is 6.87. The van der Waals surface area contributed by atoms with Crippen LogP contribution in [0.1, 0.15) is 30.0 Å². The Kier molecular flexibility index (Phi) is 7.15. The number of nitrogens with zero attached hydrogens (tertiary/aromatic N) is 3. The summed E-state index contributed by atoms with van der Waals surface area (Å²) in [5.74, 6) is 0.0242. The lowest BCUT2D eigenvalue weighted by Gasteiger charge is -2.44. The number of methoxy groups -OCH3 is 1. The molecular weight excluding hydrogens is 418 g/mol. The Hall–Kier alpha value is -3.10. The summed E-state index contributed by atoms with van der Waals surface area (Å²) in [6.07, 6.45) is 2.03. The molecule has 33 heavy (non-hydrogen) atoms. The Morgan fingerprint density at radius 1 is 1.00 bits per heavy atom. The van der Waals surface area contributed by atoms with E-state index in [1.807, 2.05) is 24.3 Å². The van der Waals surface area contributed by atoms with Gasteiger partial charge in [0.05, 0.1) is 7.11 Å². The standard InChI is InChI=1S/C25H33N5O3/c1-33-25(32)23(18-4-8-22(31)9-5-18)30-12-10-21(11-13-30)29-16-14-28(15-17-29)20-6-2-19(3-7-20)24(26)27/h2-9,21,23,31H,10-17H2,1H3,(H3,26,27). The zero-order chi connectivity index (χ0) is 23.4. The number of aromatic hydroxyl groups is 1. The predicted octanol–water partition coefficient (Wildman–Crippen LogP) is 2.18. The number of rotatable bonds is 6. The Morgan fingerprint density at radius 3 is 2.15 bits per heavy atom. The second-order valence-electron chi connectivity index (χ2n) is 8.77. The molecule has 1 unspecified atom stereocenters. The number of benzene rings is 2. The van der Waals surface area contributed by atoms with Gasteiger partial charge in [-0.2, -0.15) is 0 Å². The van der Waals surface area contributed by atoms with E-state index in [0.717, 1.165) is 63.2 Å². The number of piperazine rings is 1. The van der Waals surface area contributed by atoms with E-state index in [1.165, 1.54) is 12.8 Å². The van der Waals surface area contributed by atoms with Crippen molar-refractivity contribution in [1.82, 2.24) is 9.80 Å². The number of phenolic OH excluding ortho intramolecular Hbond substituents is 1. The lowest BCUT2D eigenvalue weighted by molar-refractivity contribution is -0.148. The number of esters is 1. The molecule has 0 aliphatic carbocycles. The summed E-state index contributed by atoms with van der Waals surface area (Å²) in [5, 5.41) is 17.1. The number of piperidine rings is 1. The van der Waals surface area contributed by atoms with Gasteiger partial charge < -0.3 is 20.5 Å². The van der Waals surface area contributed by atoms with E-state index in [4.69, 9.17) is 15.9 Å². The first kappa shape index (κ1) is 23.1. The molecule has 2 aromatic rings. The molecule has 8 nitrogen and oxygen atoms in total. The van der Waals surface area contributed by atoms with E-state index in [2.05, 4.69) is 14.7 Å². The lowest BCUT2D eigenvalue weighted by atomic mass is 9.97. The average molecular weight is 452 g/mol. The third-order valence-corrected chi connectivity index (χ3v) is 6.87. The molecule has 2 fully saturated rings. The number of phenols is 1. The molecule has 176 valence electrons. The quantitative estimate of drug-likeness (QED) is 0.351. The van der Waals surface area contributed by atoms with Crippen molar-refractivity contribution in [2.75, 3.05) is 51.3 Å². The van der Waals surface area contributed by atoms with Crippen molar-refractivity contribution in [2.24, 2.45) is 5.73 Å². The second-order valence-corrected chi connectivity index (χ2v) is 8.77. The van der Waals surface area contributed by atoms with Crippen LogP contribution in [0.3, 0.4) is 0 Å². The number of nitrogens with two attached hydrogens (primary N) is 1. The van der Waals surface area contributed by atoms with Gasteiger partial charge in [0.1, 0.15) is 17.6 Å². The van der Waals surface area contributed by atoms with Crippen LogP contribution >= 0.6 is 0 Å². The largest absolute Gasteiger partial charge is 0.508 e. The highest BCUT2D eigenvalue weighted by atomic mass is 16.5. The van der Waals surface area contributed by atoms with E-state index in [-0.39, 0.29) is 17.6 Å². The van der Waals surface area contributed by atoms with Gasteiger partial charge in [0, 0.05) is 56.6 Å². The third kappa shape index (κ3) is 5.29. The highest BCUT2D eigenvalue weighted by Gasteiger charge is 2.34. The van der Waals surface area contributed by atoms with Crippen molar-refractivity contribution in [1.29, 1.82) is 5.41 Å². The molecule has 0 bridgehead atoms.